The quantitative estimate of drug-likeness (QED) is 0.772. The third kappa shape index (κ3) is 3.54. The average molecular weight is 221 g/mol. The molecule has 0 amide bonds. The summed E-state index contributed by atoms with van der Waals surface area (Å²) in [6.07, 6.45) is 3.65. The van der Waals surface area contributed by atoms with E-state index < -0.39 is 0 Å². The van der Waals surface area contributed by atoms with Crippen LogP contribution in [0.1, 0.15) is 26.2 Å². The van der Waals surface area contributed by atoms with Crippen molar-refractivity contribution in [3.8, 4) is 0 Å². The van der Waals surface area contributed by atoms with Crippen LogP contribution in [-0.2, 0) is 0 Å². The van der Waals surface area contributed by atoms with E-state index in [1.54, 1.807) is 0 Å². The fraction of sp³-hybridized carbons (Fsp3) is 0.538. The molecular weight excluding hydrogens is 202 g/mol. The Labute approximate surface area is 96.4 Å². The van der Waals surface area contributed by atoms with Gasteiger partial charge in [0.25, 0.3) is 0 Å². The molecule has 2 heteroatoms. The number of thioether (sulfide) groups is 1. The van der Waals surface area contributed by atoms with Crippen molar-refractivity contribution < 1.29 is 0 Å². The Kier molecular flexibility index (Phi) is 3.37. The van der Waals surface area contributed by atoms with Crippen molar-refractivity contribution in [1.82, 2.24) is 0 Å². The van der Waals surface area contributed by atoms with E-state index in [9.17, 15) is 0 Å². The minimum absolute atomic E-state index is 0.205. The molecule has 1 unspecified atom stereocenters. The Morgan fingerprint density at radius 3 is 2.60 bits per heavy atom. The van der Waals surface area contributed by atoms with Crippen LogP contribution in [0.2, 0.25) is 0 Å². The first kappa shape index (κ1) is 11.0. The van der Waals surface area contributed by atoms with E-state index in [4.69, 9.17) is 5.73 Å². The van der Waals surface area contributed by atoms with Crippen molar-refractivity contribution in [1.29, 1.82) is 0 Å². The fourth-order valence-electron chi connectivity index (χ4n) is 1.87. The molecule has 82 valence electrons. The van der Waals surface area contributed by atoms with Crippen LogP contribution in [0.15, 0.2) is 35.2 Å². The summed E-state index contributed by atoms with van der Waals surface area (Å²) in [7, 11) is 0. The highest BCUT2D eigenvalue weighted by Crippen LogP contribution is 2.39. The Morgan fingerprint density at radius 2 is 2.00 bits per heavy atom. The zero-order valence-corrected chi connectivity index (χ0v) is 10.1. The highest BCUT2D eigenvalue weighted by molar-refractivity contribution is 7.99. The van der Waals surface area contributed by atoms with Crippen molar-refractivity contribution in [2.45, 2.75) is 36.6 Å². The number of hydrogen-bond donors (Lipinski definition) is 1. The van der Waals surface area contributed by atoms with Gasteiger partial charge < -0.3 is 5.73 Å². The van der Waals surface area contributed by atoms with Crippen molar-refractivity contribution in [2.75, 3.05) is 5.75 Å². The number of hydrogen-bond acceptors (Lipinski definition) is 2. The summed E-state index contributed by atoms with van der Waals surface area (Å²) in [6, 6.07) is 10.6. The molecule has 1 saturated carbocycles. The number of benzene rings is 1. The van der Waals surface area contributed by atoms with Crippen molar-refractivity contribution >= 4 is 11.8 Å². The van der Waals surface area contributed by atoms with E-state index >= 15 is 0 Å². The van der Waals surface area contributed by atoms with Gasteiger partial charge in [-0.2, -0.15) is 0 Å². The van der Waals surface area contributed by atoms with Gasteiger partial charge in [-0.05, 0) is 37.3 Å². The third-order valence-corrected chi connectivity index (χ3v) is 4.27. The van der Waals surface area contributed by atoms with E-state index in [1.165, 1.54) is 29.9 Å². The van der Waals surface area contributed by atoms with Crippen LogP contribution in [0.4, 0.5) is 0 Å². The predicted molar refractivity (Wildman–Crippen MR) is 67.1 cm³/mol. The van der Waals surface area contributed by atoms with E-state index in [0.717, 1.165) is 5.92 Å². The highest BCUT2D eigenvalue weighted by atomic mass is 32.2. The van der Waals surface area contributed by atoms with Gasteiger partial charge in [-0.15, -0.1) is 11.8 Å². The fourth-order valence-corrected chi connectivity index (χ4v) is 2.82. The molecule has 0 aliphatic heterocycles. The first-order chi connectivity index (χ1) is 7.18. The van der Waals surface area contributed by atoms with Crippen LogP contribution in [0.25, 0.3) is 0 Å². The largest absolute Gasteiger partial charge is 0.325 e. The van der Waals surface area contributed by atoms with Gasteiger partial charge in [-0.1, -0.05) is 25.1 Å². The van der Waals surface area contributed by atoms with Crippen LogP contribution < -0.4 is 5.73 Å². The SMILES string of the molecule is CC(CSc1ccccc1)CC1(N)CC1. The lowest BCUT2D eigenvalue weighted by Crippen LogP contribution is -2.25. The first-order valence-electron chi connectivity index (χ1n) is 5.65. The van der Waals surface area contributed by atoms with E-state index in [-0.39, 0.29) is 5.54 Å². The van der Waals surface area contributed by atoms with Crippen LogP contribution in [0.5, 0.6) is 0 Å². The smallest absolute Gasteiger partial charge is 0.0158 e. The summed E-state index contributed by atoms with van der Waals surface area (Å²) >= 11 is 1.94. The zero-order valence-electron chi connectivity index (χ0n) is 9.28. The van der Waals surface area contributed by atoms with Gasteiger partial charge >= 0.3 is 0 Å². The maximum absolute atomic E-state index is 6.11. The van der Waals surface area contributed by atoms with E-state index in [2.05, 4.69) is 37.3 Å². The molecule has 1 aliphatic carbocycles. The highest BCUT2D eigenvalue weighted by Gasteiger charge is 2.38. The number of rotatable bonds is 5. The lowest BCUT2D eigenvalue weighted by Gasteiger charge is -2.15. The Hall–Kier alpha value is -0.470. The number of nitrogens with two attached hydrogens (primary N) is 1. The second kappa shape index (κ2) is 4.58. The summed E-state index contributed by atoms with van der Waals surface area (Å²) in [5.74, 6) is 1.91. The second-order valence-corrected chi connectivity index (χ2v) is 5.89. The monoisotopic (exact) mass is 221 g/mol. The van der Waals surface area contributed by atoms with Gasteiger partial charge in [-0.3, -0.25) is 0 Å². The minimum Gasteiger partial charge on any atom is -0.325 e. The third-order valence-electron chi connectivity index (χ3n) is 2.92. The lowest BCUT2D eigenvalue weighted by molar-refractivity contribution is 0.491. The minimum atomic E-state index is 0.205. The summed E-state index contributed by atoms with van der Waals surface area (Å²) in [5.41, 5.74) is 6.31. The molecule has 1 fully saturated rings. The molecule has 2 rings (SSSR count). The van der Waals surface area contributed by atoms with Crippen molar-refractivity contribution in [3.05, 3.63) is 30.3 Å². The van der Waals surface area contributed by atoms with Crippen molar-refractivity contribution in [3.63, 3.8) is 0 Å². The van der Waals surface area contributed by atoms with Crippen LogP contribution >= 0.6 is 11.8 Å². The molecule has 0 saturated heterocycles. The lowest BCUT2D eigenvalue weighted by atomic mass is 10.0. The van der Waals surface area contributed by atoms with Gasteiger partial charge in [0.1, 0.15) is 0 Å². The van der Waals surface area contributed by atoms with Gasteiger partial charge in [0.15, 0.2) is 0 Å². The van der Waals surface area contributed by atoms with Crippen molar-refractivity contribution in [2.24, 2.45) is 11.7 Å². The standard InChI is InChI=1S/C13H19NS/c1-11(9-13(14)7-8-13)10-15-12-5-3-2-4-6-12/h2-6,11H,7-10,14H2,1H3. The summed E-state index contributed by atoms with van der Waals surface area (Å²) in [5, 5.41) is 0. The van der Waals surface area contributed by atoms with Gasteiger partial charge in [0, 0.05) is 16.2 Å². The second-order valence-electron chi connectivity index (χ2n) is 4.80. The predicted octanol–water partition coefficient (Wildman–Crippen LogP) is 3.30. The van der Waals surface area contributed by atoms with E-state index in [0.29, 0.717) is 0 Å². The van der Waals surface area contributed by atoms with E-state index in [1.807, 2.05) is 11.8 Å². The first-order valence-corrected chi connectivity index (χ1v) is 6.63. The van der Waals surface area contributed by atoms with Gasteiger partial charge in [0.05, 0.1) is 0 Å². The topological polar surface area (TPSA) is 26.0 Å². The zero-order chi connectivity index (χ0) is 10.7. The molecule has 1 nitrogen and oxygen atoms in total. The van der Waals surface area contributed by atoms with Crippen LogP contribution in [0, 0.1) is 5.92 Å². The maximum Gasteiger partial charge on any atom is 0.0158 e. The summed E-state index contributed by atoms with van der Waals surface area (Å²) in [4.78, 5) is 1.37. The molecule has 0 bridgehead atoms. The average Bonchev–Trinajstić information content (AvgIpc) is 2.95. The van der Waals surface area contributed by atoms with Gasteiger partial charge in [0.2, 0.25) is 0 Å². The maximum atomic E-state index is 6.11. The Balaban J connectivity index is 1.73. The van der Waals surface area contributed by atoms with Gasteiger partial charge in [-0.25, -0.2) is 0 Å². The molecule has 1 atom stereocenters. The normalized spacial score (nSPS) is 19.9. The molecule has 0 spiro atoms. The summed E-state index contributed by atoms with van der Waals surface area (Å²) < 4.78 is 0. The van der Waals surface area contributed by atoms with Crippen LogP contribution in [-0.4, -0.2) is 11.3 Å². The Morgan fingerprint density at radius 1 is 1.33 bits per heavy atom. The molecule has 2 N–H and O–H groups in total. The molecule has 0 radical (unpaired) electrons. The molecule has 15 heavy (non-hydrogen) atoms. The van der Waals surface area contributed by atoms with Crippen LogP contribution in [0.3, 0.4) is 0 Å². The molecule has 0 heterocycles. The molecular formula is C13H19NS. The molecule has 1 aromatic rings. The molecule has 0 aromatic heterocycles. The molecule has 1 aliphatic rings. The Bertz CT molecular complexity index is 306. The summed E-state index contributed by atoms with van der Waals surface area (Å²) in [6.45, 7) is 2.31. The molecule has 1 aromatic carbocycles.